The Hall–Kier alpha value is -1.69. The second-order valence-corrected chi connectivity index (χ2v) is 5.85. The summed E-state index contributed by atoms with van der Waals surface area (Å²) in [6.45, 7) is 8.18. The van der Waals surface area contributed by atoms with Crippen molar-refractivity contribution in [1.82, 2.24) is 15.2 Å². The lowest BCUT2D eigenvalue weighted by molar-refractivity contribution is 0.0384. The highest BCUT2D eigenvalue weighted by molar-refractivity contribution is 5.79. The summed E-state index contributed by atoms with van der Waals surface area (Å²) in [7, 11) is 0. The number of hydrogen-bond acceptors (Lipinski definition) is 4. The Morgan fingerprint density at radius 2 is 2.09 bits per heavy atom. The van der Waals surface area contributed by atoms with Gasteiger partial charge in [-0.1, -0.05) is 11.6 Å². The van der Waals surface area contributed by atoms with Crippen molar-refractivity contribution < 1.29 is 4.74 Å². The average Bonchev–Trinajstić information content (AvgIpc) is 2.53. The van der Waals surface area contributed by atoms with E-state index in [0.717, 1.165) is 55.9 Å². The van der Waals surface area contributed by atoms with Gasteiger partial charge in [-0.25, -0.2) is 0 Å². The lowest BCUT2D eigenvalue weighted by Crippen LogP contribution is -2.40. The van der Waals surface area contributed by atoms with Gasteiger partial charge in [0.1, 0.15) is 0 Å². The summed E-state index contributed by atoms with van der Waals surface area (Å²) < 4.78 is 5.33. The smallest absolute Gasteiger partial charge is 0.252 e. The Bertz CT molecular complexity index is 690. The molecule has 0 aliphatic carbocycles. The highest BCUT2D eigenvalue weighted by Gasteiger charge is 2.09. The van der Waals surface area contributed by atoms with E-state index in [0.29, 0.717) is 6.54 Å². The van der Waals surface area contributed by atoms with Gasteiger partial charge in [0.15, 0.2) is 0 Å². The molecule has 0 amide bonds. The number of benzene rings is 1. The summed E-state index contributed by atoms with van der Waals surface area (Å²) in [6, 6.07) is 8.06. The highest BCUT2D eigenvalue weighted by atomic mass is 16.5. The molecule has 1 aliphatic rings. The monoisotopic (exact) mass is 301 g/mol. The van der Waals surface area contributed by atoms with Crippen LogP contribution >= 0.6 is 0 Å². The summed E-state index contributed by atoms with van der Waals surface area (Å²) in [5.41, 5.74) is 2.88. The number of nitrogens with one attached hydrogen (secondary N) is 2. The molecular weight excluding hydrogens is 278 g/mol. The lowest BCUT2D eigenvalue weighted by atomic mass is 10.1. The molecule has 5 heteroatoms. The number of morpholine rings is 1. The minimum absolute atomic E-state index is 0.00442. The van der Waals surface area contributed by atoms with Crippen molar-refractivity contribution >= 4 is 10.9 Å². The van der Waals surface area contributed by atoms with Gasteiger partial charge in [-0.15, -0.1) is 0 Å². The van der Waals surface area contributed by atoms with E-state index < -0.39 is 0 Å². The number of aryl methyl sites for hydroxylation is 1. The SMILES string of the molecule is Cc1ccc2[nH]c(=O)c(CNCCN3CCOCC3)cc2c1. The first-order valence-electron chi connectivity index (χ1n) is 7.86. The number of ether oxygens (including phenoxy) is 1. The van der Waals surface area contributed by atoms with Crippen molar-refractivity contribution in [3.63, 3.8) is 0 Å². The molecule has 1 saturated heterocycles. The third-order valence-corrected chi connectivity index (χ3v) is 4.10. The molecule has 0 saturated carbocycles. The van der Waals surface area contributed by atoms with Crippen molar-refractivity contribution in [2.45, 2.75) is 13.5 Å². The maximum absolute atomic E-state index is 12.1. The first kappa shape index (κ1) is 15.2. The molecule has 3 rings (SSSR count). The molecule has 1 fully saturated rings. The van der Waals surface area contributed by atoms with E-state index in [2.05, 4.69) is 28.2 Å². The predicted molar refractivity (Wildman–Crippen MR) is 88.3 cm³/mol. The van der Waals surface area contributed by atoms with Crippen LogP contribution in [0.25, 0.3) is 10.9 Å². The van der Waals surface area contributed by atoms with Gasteiger partial charge in [0.25, 0.3) is 5.56 Å². The Labute approximate surface area is 130 Å². The molecular formula is C17H23N3O2. The quantitative estimate of drug-likeness (QED) is 0.816. The molecule has 0 unspecified atom stereocenters. The van der Waals surface area contributed by atoms with Crippen molar-refractivity contribution in [2.75, 3.05) is 39.4 Å². The number of hydrogen-bond donors (Lipinski definition) is 2. The first-order chi connectivity index (χ1) is 10.7. The van der Waals surface area contributed by atoms with E-state index >= 15 is 0 Å². The van der Waals surface area contributed by atoms with Crippen LogP contribution < -0.4 is 10.9 Å². The topological polar surface area (TPSA) is 57.4 Å². The zero-order chi connectivity index (χ0) is 15.4. The molecule has 0 spiro atoms. The van der Waals surface area contributed by atoms with Crippen molar-refractivity contribution in [3.05, 3.63) is 45.7 Å². The van der Waals surface area contributed by atoms with E-state index in [4.69, 9.17) is 4.74 Å². The third-order valence-electron chi connectivity index (χ3n) is 4.10. The number of aromatic amines is 1. The fourth-order valence-corrected chi connectivity index (χ4v) is 2.79. The van der Waals surface area contributed by atoms with E-state index in [1.807, 2.05) is 18.2 Å². The van der Waals surface area contributed by atoms with Gasteiger partial charge in [-0.2, -0.15) is 0 Å². The van der Waals surface area contributed by atoms with Crippen LogP contribution in [-0.2, 0) is 11.3 Å². The zero-order valence-corrected chi connectivity index (χ0v) is 13.0. The largest absolute Gasteiger partial charge is 0.379 e. The van der Waals surface area contributed by atoms with E-state index in [9.17, 15) is 4.79 Å². The normalized spacial score (nSPS) is 16.2. The molecule has 22 heavy (non-hydrogen) atoms. The number of rotatable bonds is 5. The van der Waals surface area contributed by atoms with Crippen LogP contribution in [-0.4, -0.2) is 49.3 Å². The van der Waals surface area contributed by atoms with Crippen molar-refractivity contribution in [1.29, 1.82) is 0 Å². The van der Waals surface area contributed by atoms with Crippen LogP contribution in [0.3, 0.4) is 0 Å². The molecule has 5 nitrogen and oxygen atoms in total. The van der Waals surface area contributed by atoms with E-state index in [-0.39, 0.29) is 5.56 Å². The Kier molecular flexibility index (Phi) is 4.87. The second kappa shape index (κ2) is 7.05. The minimum atomic E-state index is -0.00442. The molecule has 118 valence electrons. The number of fused-ring (bicyclic) bond motifs is 1. The number of H-pyrrole nitrogens is 1. The molecule has 0 radical (unpaired) electrons. The molecule has 1 aromatic carbocycles. The molecule has 0 bridgehead atoms. The lowest BCUT2D eigenvalue weighted by Gasteiger charge is -2.26. The van der Waals surface area contributed by atoms with Gasteiger partial charge >= 0.3 is 0 Å². The van der Waals surface area contributed by atoms with Gasteiger partial charge in [0.05, 0.1) is 13.2 Å². The van der Waals surface area contributed by atoms with E-state index in [1.54, 1.807) is 0 Å². The Morgan fingerprint density at radius 3 is 2.91 bits per heavy atom. The number of nitrogens with zero attached hydrogens (tertiary/aromatic N) is 1. The summed E-state index contributed by atoms with van der Waals surface area (Å²) >= 11 is 0. The number of aromatic nitrogens is 1. The standard InChI is InChI=1S/C17H23N3O2/c1-13-2-3-16-14(10-13)11-15(17(21)19-16)12-18-4-5-20-6-8-22-9-7-20/h2-3,10-11,18H,4-9,12H2,1H3,(H,19,21). The van der Waals surface area contributed by atoms with Crippen LogP contribution in [0.2, 0.25) is 0 Å². The summed E-state index contributed by atoms with van der Waals surface area (Å²) in [5, 5.41) is 4.45. The Balaban J connectivity index is 1.58. The minimum Gasteiger partial charge on any atom is -0.379 e. The summed E-state index contributed by atoms with van der Waals surface area (Å²) in [4.78, 5) is 17.4. The fourth-order valence-electron chi connectivity index (χ4n) is 2.79. The molecule has 0 atom stereocenters. The summed E-state index contributed by atoms with van der Waals surface area (Å²) in [6.07, 6.45) is 0. The van der Waals surface area contributed by atoms with Crippen molar-refractivity contribution in [2.24, 2.45) is 0 Å². The van der Waals surface area contributed by atoms with Gasteiger partial charge in [0.2, 0.25) is 0 Å². The van der Waals surface area contributed by atoms with Crippen LogP contribution in [0.4, 0.5) is 0 Å². The average molecular weight is 301 g/mol. The molecule has 1 aromatic heterocycles. The third kappa shape index (κ3) is 3.74. The van der Waals surface area contributed by atoms with Gasteiger partial charge in [-0.3, -0.25) is 9.69 Å². The second-order valence-electron chi connectivity index (χ2n) is 5.85. The summed E-state index contributed by atoms with van der Waals surface area (Å²) in [5.74, 6) is 0. The number of pyridine rings is 1. The van der Waals surface area contributed by atoms with Crippen LogP contribution in [0.5, 0.6) is 0 Å². The molecule has 1 aliphatic heterocycles. The van der Waals surface area contributed by atoms with Crippen LogP contribution in [0, 0.1) is 6.92 Å². The maximum Gasteiger partial charge on any atom is 0.252 e. The Morgan fingerprint density at radius 1 is 1.27 bits per heavy atom. The van der Waals surface area contributed by atoms with Gasteiger partial charge in [-0.05, 0) is 30.5 Å². The zero-order valence-electron chi connectivity index (χ0n) is 13.0. The van der Waals surface area contributed by atoms with Gasteiger partial charge < -0.3 is 15.0 Å². The fraction of sp³-hybridized carbons (Fsp3) is 0.471. The maximum atomic E-state index is 12.1. The van der Waals surface area contributed by atoms with Gasteiger partial charge in [0, 0.05) is 43.8 Å². The molecule has 2 heterocycles. The first-order valence-corrected chi connectivity index (χ1v) is 7.86. The van der Waals surface area contributed by atoms with Crippen LogP contribution in [0.15, 0.2) is 29.1 Å². The van der Waals surface area contributed by atoms with E-state index in [1.165, 1.54) is 5.56 Å². The van der Waals surface area contributed by atoms with Crippen molar-refractivity contribution in [3.8, 4) is 0 Å². The van der Waals surface area contributed by atoms with Crippen LogP contribution in [0.1, 0.15) is 11.1 Å². The molecule has 2 N–H and O–H groups in total. The predicted octanol–water partition coefficient (Wildman–Crippen LogP) is 1.26. The molecule has 2 aromatic rings. The highest BCUT2D eigenvalue weighted by Crippen LogP contribution is 2.13.